The zero-order valence-corrected chi connectivity index (χ0v) is 20.1. The largest absolute Gasteiger partial charge is 0.480 e. The Bertz CT molecular complexity index is 982. The Balaban J connectivity index is 1.52. The van der Waals surface area contributed by atoms with Crippen molar-refractivity contribution >= 4 is 51.7 Å². The summed E-state index contributed by atoms with van der Waals surface area (Å²) < 4.78 is 4.79. The molecule has 3 fully saturated rings. The Morgan fingerprint density at radius 1 is 1.33 bits per heavy atom. The van der Waals surface area contributed by atoms with Gasteiger partial charge in [-0.15, -0.1) is 23.1 Å². The molecule has 11 nitrogen and oxygen atoms in total. The maximum absolute atomic E-state index is 13.2. The zero-order valence-electron chi connectivity index (χ0n) is 18.5. The highest BCUT2D eigenvalue weighted by atomic mass is 32.2. The molecule has 2 amide bonds. The number of fused-ring (bicyclic) bond motifs is 1. The fourth-order valence-corrected chi connectivity index (χ4v) is 6.70. The fraction of sp³-hybridized carbons (Fsp3) is 0.650. The highest BCUT2D eigenvalue weighted by molar-refractivity contribution is 8.01. The number of carbonyl (C=O) groups is 3. The van der Waals surface area contributed by atoms with Gasteiger partial charge in [0.25, 0.3) is 5.91 Å². The number of rotatable bonds is 7. The molecule has 1 aromatic heterocycles. The molecule has 3 heterocycles. The average Bonchev–Trinajstić information content (AvgIpc) is 3.30. The number of hydrogen-bond donors (Lipinski definition) is 3. The first-order chi connectivity index (χ1) is 15.6. The molecule has 4 N–H and O–H groups in total. The van der Waals surface area contributed by atoms with Crippen LogP contribution in [0.4, 0.5) is 5.13 Å². The van der Waals surface area contributed by atoms with Gasteiger partial charge in [-0.25, -0.2) is 9.78 Å². The van der Waals surface area contributed by atoms with Gasteiger partial charge in [0.2, 0.25) is 5.91 Å². The van der Waals surface area contributed by atoms with Gasteiger partial charge < -0.3 is 30.6 Å². The number of nitrogens with two attached hydrogens (primary N) is 1. The average molecular weight is 498 g/mol. The van der Waals surface area contributed by atoms with Gasteiger partial charge in [-0.2, -0.15) is 0 Å². The lowest BCUT2D eigenvalue weighted by Crippen LogP contribution is -2.71. The van der Waals surface area contributed by atoms with Crippen molar-refractivity contribution in [1.82, 2.24) is 15.2 Å². The minimum atomic E-state index is -1.07. The van der Waals surface area contributed by atoms with Gasteiger partial charge in [0, 0.05) is 17.2 Å². The molecule has 5 atom stereocenters. The number of aromatic nitrogens is 1. The second kappa shape index (κ2) is 9.11. The van der Waals surface area contributed by atoms with Gasteiger partial charge in [0.1, 0.15) is 23.2 Å². The molecule has 33 heavy (non-hydrogen) atoms. The van der Waals surface area contributed by atoms with Crippen molar-refractivity contribution in [3.63, 3.8) is 0 Å². The molecule has 1 aromatic rings. The third-order valence-electron chi connectivity index (χ3n) is 6.17. The van der Waals surface area contributed by atoms with Crippen molar-refractivity contribution in [2.45, 2.75) is 73.9 Å². The number of nitrogen functional groups attached to an aromatic ring is 1. The fourth-order valence-electron chi connectivity index (χ4n) is 4.53. The number of carboxylic acids is 1. The predicted octanol–water partition coefficient (Wildman–Crippen LogP) is 1.04. The third kappa shape index (κ3) is 4.41. The predicted molar refractivity (Wildman–Crippen MR) is 123 cm³/mol. The van der Waals surface area contributed by atoms with E-state index in [1.807, 2.05) is 0 Å². The number of carboxylic acid groups (broad SMARTS) is 1. The molecule has 1 aliphatic carbocycles. The van der Waals surface area contributed by atoms with E-state index in [0.717, 1.165) is 37.0 Å². The van der Waals surface area contributed by atoms with E-state index in [1.165, 1.54) is 16.7 Å². The second-order valence-electron chi connectivity index (χ2n) is 8.76. The smallest absolute Gasteiger partial charge is 0.327 e. The van der Waals surface area contributed by atoms with Crippen LogP contribution < -0.4 is 11.1 Å². The summed E-state index contributed by atoms with van der Waals surface area (Å²) in [5.74, 6) is -2.15. The molecule has 0 bridgehead atoms. The number of nitrogens with zero attached hydrogens (tertiary/aromatic N) is 3. The van der Waals surface area contributed by atoms with Crippen LogP contribution >= 0.6 is 23.1 Å². The van der Waals surface area contributed by atoms with E-state index in [0.29, 0.717) is 0 Å². The van der Waals surface area contributed by atoms with Gasteiger partial charge in [0.05, 0.1) is 6.10 Å². The van der Waals surface area contributed by atoms with Crippen LogP contribution in [0.3, 0.4) is 0 Å². The summed E-state index contributed by atoms with van der Waals surface area (Å²) in [5, 5.41) is 17.8. The molecule has 1 saturated carbocycles. The van der Waals surface area contributed by atoms with Crippen LogP contribution in [0.15, 0.2) is 10.5 Å². The number of thioether (sulfide) groups is 1. The molecule has 13 heteroatoms. The van der Waals surface area contributed by atoms with E-state index >= 15 is 0 Å². The maximum Gasteiger partial charge on any atom is 0.327 e. The molecule has 180 valence electrons. The van der Waals surface area contributed by atoms with Crippen molar-refractivity contribution in [3.8, 4) is 0 Å². The number of carbonyl (C=O) groups excluding carboxylic acids is 2. The van der Waals surface area contributed by atoms with Crippen LogP contribution in [0, 0.1) is 0 Å². The SMILES string of the molecule is CO[C@@H]1CCCC[C@H]1ON=C(C(=O)N[C@H]1C(=O)N2[C@@H]1SC(C)(C)[C@@H]2C(=O)O)c1csc(N)n1. The number of aliphatic carboxylic acids is 1. The summed E-state index contributed by atoms with van der Waals surface area (Å²) in [5.41, 5.74) is 5.89. The Morgan fingerprint density at radius 2 is 2.03 bits per heavy atom. The first-order valence-corrected chi connectivity index (χ1v) is 12.4. The minimum absolute atomic E-state index is 0.0910. The lowest BCUT2D eigenvalue weighted by molar-refractivity contribution is -0.160. The minimum Gasteiger partial charge on any atom is -0.480 e. The van der Waals surface area contributed by atoms with E-state index in [1.54, 1.807) is 26.3 Å². The topological polar surface area (TPSA) is 156 Å². The number of ether oxygens (including phenoxy) is 1. The Hall–Kier alpha value is -2.38. The van der Waals surface area contributed by atoms with E-state index in [2.05, 4.69) is 15.5 Å². The standard InChI is InChI=1S/C20H27N5O6S2/c1-20(2)14(18(28)29)25-16(27)13(17(25)33-20)23-15(26)12(9-8-32-19(21)22-9)24-31-11-7-5-4-6-10(11)30-3/h8,10-11,13-14,17H,4-7H2,1-3H3,(H2,21,22)(H,23,26)(H,28,29)/t10-,11-,13+,14+,17-/m1/s1. The molecule has 0 radical (unpaired) electrons. The third-order valence-corrected chi connectivity index (χ3v) is 8.41. The molecular formula is C20H27N5O6S2. The van der Waals surface area contributed by atoms with Gasteiger partial charge >= 0.3 is 5.97 Å². The maximum atomic E-state index is 13.2. The summed E-state index contributed by atoms with van der Waals surface area (Å²) >= 11 is 2.50. The molecule has 0 spiro atoms. The lowest BCUT2D eigenvalue weighted by Gasteiger charge is -2.43. The number of β-lactam (4-membered cyclic amide) rings is 1. The van der Waals surface area contributed by atoms with E-state index < -0.39 is 40.0 Å². The summed E-state index contributed by atoms with van der Waals surface area (Å²) in [6.07, 6.45) is 3.16. The summed E-state index contributed by atoms with van der Waals surface area (Å²) in [6.45, 7) is 3.55. The molecule has 0 aromatic carbocycles. The van der Waals surface area contributed by atoms with Crippen LogP contribution in [-0.4, -0.2) is 80.0 Å². The molecule has 4 rings (SSSR count). The number of oxime groups is 1. The van der Waals surface area contributed by atoms with E-state index in [9.17, 15) is 19.5 Å². The number of amides is 2. The summed E-state index contributed by atoms with van der Waals surface area (Å²) in [6, 6.07) is -1.83. The van der Waals surface area contributed by atoms with Crippen molar-refractivity contribution < 1.29 is 29.1 Å². The lowest BCUT2D eigenvalue weighted by atomic mass is 9.95. The molecule has 2 saturated heterocycles. The van der Waals surface area contributed by atoms with Crippen LogP contribution in [0.1, 0.15) is 45.2 Å². The van der Waals surface area contributed by atoms with Crippen molar-refractivity contribution in [2.24, 2.45) is 5.16 Å². The van der Waals surface area contributed by atoms with Gasteiger partial charge in [-0.05, 0) is 33.1 Å². The van der Waals surface area contributed by atoms with Crippen LogP contribution in [0.25, 0.3) is 0 Å². The van der Waals surface area contributed by atoms with Gasteiger partial charge in [0.15, 0.2) is 16.9 Å². The summed E-state index contributed by atoms with van der Waals surface area (Å²) in [7, 11) is 1.61. The second-order valence-corrected chi connectivity index (χ2v) is 11.4. The van der Waals surface area contributed by atoms with Crippen LogP contribution in [-0.2, 0) is 24.0 Å². The molecule has 3 aliphatic rings. The number of thiazole rings is 1. The van der Waals surface area contributed by atoms with E-state index in [4.69, 9.17) is 15.3 Å². The van der Waals surface area contributed by atoms with Gasteiger partial charge in [-0.1, -0.05) is 11.6 Å². The number of anilines is 1. The first-order valence-electron chi connectivity index (χ1n) is 10.7. The van der Waals surface area contributed by atoms with Crippen molar-refractivity contribution in [3.05, 3.63) is 11.1 Å². The highest BCUT2D eigenvalue weighted by Gasteiger charge is 2.64. The van der Waals surface area contributed by atoms with E-state index in [-0.39, 0.29) is 28.7 Å². The number of nitrogens with one attached hydrogen (secondary N) is 1. The quantitative estimate of drug-likeness (QED) is 0.284. The number of hydrogen-bond acceptors (Lipinski definition) is 10. The summed E-state index contributed by atoms with van der Waals surface area (Å²) in [4.78, 5) is 48.8. The monoisotopic (exact) mass is 497 g/mol. The Labute approximate surface area is 199 Å². The van der Waals surface area contributed by atoms with Crippen LogP contribution in [0.2, 0.25) is 0 Å². The normalized spacial score (nSPS) is 31.0. The first kappa shape index (κ1) is 23.8. The van der Waals surface area contributed by atoms with Crippen molar-refractivity contribution in [1.29, 1.82) is 0 Å². The molecule has 2 aliphatic heterocycles. The highest BCUT2D eigenvalue weighted by Crippen LogP contribution is 2.50. The Kier molecular flexibility index (Phi) is 6.56. The Morgan fingerprint density at radius 3 is 2.64 bits per heavy atom. The van der Waals surface area contributed by atoms with Crippen molar-refractivity contribution in [2.75, 3.05) is 12.8 Å². The number of methoxy groups -OCH3 is 1. The zero-order chi connectivity index (χ0) is 23.9. The molecular weight excluding hydrogens is 470 g/mol. The van der Waals surface area contributed by atoms with Crippen LogP contribution in [0.5, 0.6) is 0 Å². The van der Waals surface area contributed by atoms with Gasteiger partial charge in [-0.3, -0.25) is 9.59 Å². The molecule has 0 unspecified atom stereocenters.